The molecule has 3 rings (SSSR count). The number of hydrogen-bond acceptors (Lipinski definition) is 7. The lowest BCUT2D eigenvalue weighted by molar-refractivity contribution is 0.354. The zero-order valence-corrected chi connectivity index (χ0v) is 15.8. The lowest BCUT2D eigenvalue weighted by atomic mass is 10.1. The summed E-state index contributed by atoms with van der Waals surface area (Å²) >= 11 is 0. The summed E-state index contributed by atoms with van der Waals surface area (Å²) in [6.45, 7) is 0.669. The molecule has 2 aromatic carbocycles. The van der Waals surface area contributed by atoms with E-state index in [9.17, 15) is 0 Å². The molecule has 3 aromatic rings. The van der Waals surface area contributed by atoms with E-state index in [1.807, 2.05) is 30.3 Å². The molecule has 0 amide bonds. The van der Waals surface area contributed by atoms with Crippen LogP contribution in [-0.2, 0) is 6.42 Å². The summed E-state index contributed by atoms with van der Waals surface area (Å²) in [7, 11) is 3.24. The maximum atomic E-state index is 9.00. The van der Waals surface area contributed by atoms with Crippen LogP contribution in [0.15, 0.2) is 54.7 Å². The molecule has 0 saturated heterocycles. The number of ether oxygens (including phenoxy) is 2. The van der Waals surface area contributed by atoms with Crippen LogP contribution in [0.2, 0.25) is 0 Å². The van der Waals surface area contributed by atoms with Gasteiger partial charge in [0.05, 0.1) is 25.9 Å². The summed E-state index contributed by atoms with van der Waals surface area (Å²) in [4.78, 5) is 8.70. The molecule has 1 heterocycles. The molecule has 7 nitrogen and oxygen atoms in total. The minimum Gasteiger partial charge on any atom is -0.493 e. The fourth-order valence-electron chi connectivity index (χ4n) is 2.68. The van der Waals surface area contributed by atoms with E-state index in [0.29, 0.717) is 35.4 Å². The van der Waals surface area contributed by atoms with Gasteiger partial charge in [0.25, 0.3) is 0 Å². The van der Waals surface area contributed by atoms with Crippen molar-refractivity contribution in [3.8, 4) is 17.6 Å². The van der Waals surface area contributed by atoms with Crippen molar-refractivity contribution in [2.45, 2.75) is 6.42 Å². The number of aromatic nitrogens is 2. The second-order valence-electron chi connectivity index (χ2n) is 5.95. The van der Waals surface area contributed by atoms with Crippen molar-refractivity contribution in [3.63, 3.8) is 0 Å². The van der Waals surface area contributed by atoms with Crippen LogP contribution < -0.4 is 20.1 Å². The Morgan fingerprint density at radius 1 is 1.04 bits per heavy atom. The molecule has 1 aromatic heterocycles. The summed E-state index contributed by atoms with van der Waals surface area (Å²) in [5.74, 6) is 2.60. The smallest absolute Gasteiger partial charge is 0.224 e. The monoisotopic (exact) mass is 375 g/mol. The van der Waals surface area contributed by atoms with Gasteiger partial charge in [-0.3, -0.25) is 0 Å². The molecule has 28 heavy (non-hydrogen) atoms. The standard InChI is InChI=1S/C21H21N5O2/c1-27-18-7-6-15(13-19(18)28-2)8-10-23-21-24-11-9-20(26-21)25-17-5-3-4-16(12-17)14-22/h3-7,9,11-13H,8,10H2,1-2H3,(H2,23,24,25,26). The van der Waals surface area contributed by atoms with Gasteiger partial charge in [0.2, 0.25) is 5.95 Å². The Hall–Kier alpha value is -3.79. The SMILES string of the molecule is COc1ccc(CCNc2nccc(Nc3cccc(C#N)c3)n2)cc1OC. The molecule has 0 aliphatic carbocycles. The zero-order chi connectivity index (χ0) is 19.8. The number of benzene rings is 2. The van der Waals surface area contributed by atoms with Crippen LogP contribution in [0.1, 0.15) is 11.1 Å². The van der Waals surface area contributed by atoms with Crippen LogP contribution in [0.3, 0.4) is 0 Å². The molecule has 0 aliphatic rings. The van der Waals surface area contributed by atoms with Crippen molar-refractivity contribution in [3.05, 3.63) is 65.9 Å². The van der Waals surface area contributed by atoms with Crippen molar-refractivity contribution in [2.75, 3.05) is 31.4 Å². The largest absolute Gasteiger partial charge is 0.493 e. The van der Waals surface area contributed by atoms with Crippen LogP contribution in [0.4, 0.5) is 17.5 Å². The van der Waals surface area contributed by atoms with Gasteiger partial charge in [0, 0.05) is 18.4 Å². The van der Waals surface area contributed by atoms with Gasteiger partial charge >= 0.3 is 0 Å². The molecular formula is C21H21N5O2. The summed E-state index contributed by atoms with van der Waals surface area (Å²) < 4.78 is 10.6. The maximum Gasteiger partial charge on any atom is 0.224 e. The molecule has 2 N–H and O–H groups in total. The third kappa shape index (κ3) is 4.89. The van der Waals surface area contributed by atoms with E-state index in [4.69, 9.17) is 14.7 Å². The molecular weight excluding hydrogens is 354 g/mol. The van der Waals surface area contributed by atoms with Gasteiger partial charge in [-0.15, -0.1) is 0 Å². The summed E-state index contributed by atoms with van der Waals surface area (Å²) in [6.07, 6.45) is 2.47. The minimum absolute atomic E-state index is 0.530. The highest BCUT2D eigenvalue weighted by atomic mass is 16.5. The Morgan fingerprint density at radius 3 is 2.68 bits per heavy atom. The highest BCUT2D eigenvalue weighted by molar-refractivity contribution is 5.59. The van der Waals surface area contributed by atoms with Gasteiger partial charge in [0.1, 0.15) is 5.82 Å². The van der Waals surface area contributed by atoms with Crippen LogP contribution in [0.25, 0.3) is 0 Å². The molecule has 0 atom stereocenters. The molecule has 7 heteroatoms. The van der Waals surface area contributed by atoms with Crippen molar-refractivity contribution in [1.29, 1.82) is 5.26 Å². The predicted molar refractivity (Wildman–Crippen MR) is 108 cm³/mol. The third-order valence-electron chi connectivity index (χ3n) is 4.06. The van der Waals surface area contributed by atoms with Gasteiger partial charge in [0.15, 0.2) is 11.5 Å². The topological polar surface area (TPSA) is 92.1 Å². The van der Waals surface area contributed by atoms with E-state index in [1.54, 1.807) is 38.6 Å². The Kier molecular flexibility index (Phi) is 6.26. The predicted octanol–water partition coefficient (Wildman–Crippen LogP) is 3.76. The minimum atomic E-state index is 0.530. The lowest BCUT2D eigenvalue weighted by Crippen LogP contribution is -2.09. The van der Waals surface area contributed by atoms with E-state index >= 15 is 0 Å². The maximum absolute atomic E-state index is 9.00. The number of nitriles is 1. The molecule has 0 unspecified atom stereocenters. The number of nitrogens with zero attached hydrogens (tertiary/aromatic N) is 3. The van der Waals surface area contributed by atoms with Gasteiger partial charge in [-0.25, -0.2) is 4.98 Å². The quantitative estimate of drug-likeness (QED) is 0.619. The normalized spacial score (nSPS) is 10.0. The van der Waals surface area contributed by atoms with Gasteiger partial charge < -0.3 is 20.1 Å². The van der Waals surface area contributed by atoms with Crippen LogP contribution in [-0.4, -0.2) is 30.7 Å². The number of rotatable bonds is 8. The van der Waals surface area contributed by atoms with Gasteiger partial charge in [-0.2, -0.15) is 10.2 Å². The van der Waals surface area contributed by atoms with Crippen LogP contribution in [0.5, 0.6) is 11.5 Å². The van der Waals surface area contributed by atoms with Crippen molar-refractivity contribution < 1.29 is 9.47 Å². The summed E-state index contributed by atoms with van der Waals surface area (Å²) in [5.41, 5.74) is 2.51. The van der Waals surface area contributed by atoms with Gasteiger partial charge in [-0.1, -0.05) is 12.1 Å². The van der Waals surface area contributed by atoms with E-state index in [1.165, 1.54) is 0 Å². The highest BCUT2D eigenvalue weighted by Gasteiger charge is 2.05. The average Bonchev–Trinajstić information content (AvgIpc) is 2.74. The molecule has 0 spiro atoms. The first-order chi connectivity index (χ1) is 13.7. The highest BCUT2D eigenvalue weighted by Crippen LogP contribution is 2.27. The second-order valence-corrected chi connectivity index (χ2v) is 5.95. The Balaban J connectivity index is 1.60. The first-order valence-corrected chi connectivity index (χ1v) is 8.77. The van der Waals surface area contributed by atoms with E-state index < -0.39 is 0 Å². The zero-order valence-electron chi connectivity index (χ0n) is 15.8. The van der Waals surface area contributed by atoms with Crippen molar-refractivity contribution >= 4 is 17.5 Å². The van der Waals surface area contributed by atoms with E-state index in [0.717, 1.165) is 17.7 Å². The molecule has 0 radical (unpaired) electrons. The summed E-state index contributed by atoms with van der Waals surface area (Å²) in [5, 5.41) is 15.4. The Bertz CT molecular complexity index is 985. The second kappa shape index (κ2) is 9.24. The number of hydrogen-bond donors (Lipinski definition) is 2. The number of anilines is 3. The first kappa shape index (κ1) is 19.0. The molecule has 0 saturated carbocycles. The van der Waals surface area contributed by atoms with Crippen molar-refractivity contribution in [1.82, 2.24) is 9.97 Å². The fraction of sp³-hybridized carbons (Fsp3) is 0.190. The third-order valence-corrected chi connectivity index (χ3v) is 4.06. The molecule has 0 fully saturated rings. The van der Waals surface area contributed by atoms with E-state index in [2.05, 4.69) is 26.7 Å². The summed E-state index contributed by atoms with van der Waals surface area (Å²) in [6, 6.07) is 17.0. The number of methoxy groups -OCH3 is 2. The molecule has 0 bridgehead atoms. The van der Waals surface area contributed by atoms with Crippen LogP contribution in [0, 0.1) is 11.3 Å². The average molecular weight is 375 g/mol. The first-order valence-electron chi connectivity index (χ1n) is 8.77. The Morgan fingerprint density at radius 2 is 1.89 bits per heavy atom. The number of nitrogens with one attached hydrogen (secondary N) is 2. The fourth-order valence-corrected chi connectivity index (χ4v) is 2.68. The molecule has 0 aliphatic heterocycles. The van der Waals surface area contributed by atoms with E-state index in [-0.39, 0.29) is 0 Å². The lowest BCUT2D eigenvalue weighted by Gasteiger charge is -2.11. The Labute approximate surface area is 164 Å². The van der Waals surface area contributed by atoms with Crippen molar-refractivity contribution in [2.24, 2.45) is 0 Å². The van der Waals surface area contributed by atoms with Crippen LogP contribution >= 0.6 is 0 Å². The van der Waals surface area contributed by atoms with Gasteiger partial charge in [-0.05, 0) is 48.4 Å². The molecule has 142 valence electrons.